The molecule has 0 fully saturated rings. The van der Waals surface area contributed by atoms with Crippen molar-refractivity contribution in [1.29, 1.82) is 0 Å². The van der Waals surface area contributed by atoms with E-state index in [-0.39, 0.29) is 49.2 Å². The maximum atomic E-state index is 12.9. The van der Waals surface area contributed by atoms with E-state index in [9.17, 15) is 14.4 Å². The molecule has 0 saturated carbocycles. The number of ketones is 1. The fourth-order valence-electron chi connectivity index (χ4n) is 3.72. The summed E-state index contributed by atoms with van der Waals surface area (Å²) < 4.78 is 17.0. The van der Waals surface area contributed by atoms with Crippen molar-refractivity contribution in [1.82, 2.24) is 5.32 Å². The van der Waals surface area contributed by atoms with Gasteiger partial charge in [-0.05, 0) is 80.8 Å². The van der Waals surface area contributed by atoms with Crippen LogP contribution in [0.2, 0.25) is 0 Å². The molecule has 0 radical (unpaired) electrons. The summed E-state index contributed by atoms with van der Waals surface area (Å²) in [5.41, 5.74) is 3.09. The monoisotopic (exact) mass is 490 g/mol. The van der Waals surface area contributed by atoms with Crippen molar-refractivity contribution in [3.63, 3.8) is 0 Å². The fourth-order valence-corrected chi connectivity index (χ4v) is 3.72. The summed E-state index contributed by atoms with van der Waals surface area (Å²) in [5, 5.41) is 2.85. The van der Waals surface area contributed by atoms with Gasteiger partial charge >= 0.3 is 0 Å². The number of fused-ring (bicyclic) bond motifs is 1. The van der Waals surface area contributed by atoms with Gasteiger partial charge in [0.05, 0.1) is 12.2 Å². The largest absolute Gasteiger partial charge is 0.485 e. The smallest absolute Gasteiger partial charge is 0.287 e. The minimum absolute atomic E-state index is 0.0220. The maximum absolute atomic E-state index is 12.9. The van der Waals surface area contributed by atoms with Crippen molar-refractivity contribution in [2.45, 2.75) is 46.7 Å². The highest BCUT2D eigenvalue weighted by molar-refractivity contribution is 6.02. The molecule has 188 valence electrons. The number of ether oxygens (including phenoxy) is 2. The van der Waals surface area contributed by atoms with E-state index in [1.54, 1.807) is 30.3 Å². The first-order valence-corrected chi connectivity index (χ1v) is 11.9. The van der Waals surface area contributed by atoms with Crippen molar-refractivity contribution >= 4 is 23.3 Å². The van der Waals surface area contributed by atoms with Gasteiger partial charge in [0.15, 0.2) is 24.8 Å². The molecule has 36 heavy (non-hydrogen) atoms. The van der Waals surface area contributed by atoms with Crippen molar-refractivity contribution in [3.8, 4) is 11.5 Å². The second-order valence-corrected chi connectivity index (χ2v) is 8.96. The summed E-state index contributed by atoms with van der Waals surface area (Å²) in [7, 11) is 0. The number of rotatable bonds is 9. The minimum atomic E-state index is -0.305. The summed E-state index contributed by atoms with van der Waals surface area (Å²) in [6, 6.07) is 13.9. The molecular formula is C28H30N2O6. The van der Waals surface area contributed by atoms with Crippen LogP contribution in [0.1, 0.15) is 58.1 Å². The molecule has 0 spiro atoms. The lowest BCUT2D eigenvalue weighted by molar-refractivity contribution is -0.121. The zero-order valence-corrected chi connectivity index (χ0v) is 20.9. The number of hydrogen-bond acceptors (Lipinski definition) is 6. The molecule has 8 heteroatoms. The van der Waals surface area contributed by atoms with Crippen LogP contribution >= 0.6 is 0 Å². The first-order valence-electron chi connectivity index (χ1n) is 11.9. The van der Waals surface area contributed by atoms with Crippen molar-refractivity contribution in [2.24, 2.45) is 0 Å². The molecule has 2 aromatic carbocycles. The summed E-state index contributed by atoms with van der Waals surface area (Å²) in [6.07, 6.45) is 0.801. The Morgan fingerprint density at radius 2 is 1.89 bits per heavy atom. The molecule has 8 nitrogen and oxygen atoms in total. The van der Waals surface area contributed by atoms with Gasteiger partial charge in [0.25, 0.3) is 11.8 Å². The number of carbonyl (C=O) groups is 3. The third kappa shape index (κ3) is 5.59. The van der Waals surface area contributed by atoms with Gasteiger partial charge in [-0.1, -0.05) is 13.0 Å². The van der Waals surface area contributed by atoms with Crippen LogP contribution in [0.4, 0.5) is 5.69 Å². The Kier molecular flexibility index (Phi) is 7.43. The highest BCUT2D eigenvalue weighted by Gasteiger charge is 2.28. The molecule has 2 amide bonds. The first-order chi connectivity index (χ1) is 17.2. The number of Topliss-reactive ketones (excluding diaryl/α,β-unsaturated/α-hetero) is 1. The van der Waals surface area contributed by atoms with Crippen molar-refractivity contribution in [2.75, 3.05) is 18.1 Å². The van der Waals surface area contributed by atoms with Gasteiger partial charge in [-0.3, -0.25) is 19.3 Å². The second-order valence-electron chi connectivity index (χ2n) is 8.96. The molecule has 2 heterocycles. The Morgan fingerprint density at radius 1 is 1.08 bits per heavy atom. The Balaban J connectivity index is 1.49. The maximum Gasteiger partial charge on any atom is 0.287 e. The number of nitrogens with zero attached hydrogens (tertiary/aromatic N) is 1. The fraction of sp³-hybridized carbons (Fsp3) is 0.321. The van der Waals surface area contributed by atoms with E-state index in [1.165, 1.54) is 4.90 Å². The predicted molar refractivity (Wildman–Crippen MR) is 135 cm³/mol. The lowest BCUT2D eigenvalue weighted by atomic mass is 10.1. The third-order valence-corrected chi connectivity index (χ3v) is 6.26. The van der Waals surface area contributed by atoms with Gasteiger partial charge in [0.1, 0.15) is 17.3 Å². The van der Waals surface area contributed by atoms with Gasteiger partial charge in [0.2, 0.25) is 0 Å². The number of aryl methyl sites for hydroxylation is 2. The Bertz CT molecular complexity index is 1290. The minimum Gasteiger partial charge on any atom is -0.485 e. The SMILES string of the molecule is CC[C@@H](C)NC(=O)c1ccc(CN2C(=O)COc3ccc(C(=O)COc4ccc(C)c(C)c4)cc32)o1. The molecule has 4 rings (SSSR count). The number of anilines is 1. The zero-order chi connectivity index (χ0) is 25.8. The molecule has 0 unspecified atom stereocenters. The molecule has 0 bridgehead atoms. The summed E-state index contributed by atoms with van der Waals surface area (Å²) in [4.78, 5) is 39.4. The van der Waals surface area contributed by atoms with Gasteiger partial charge in [-0.2, -0.15) is 0 Å². The average Bonchev–Trinajstić information content (AvgIpc) is 3.34. The molecule has 3 aromatic rings. The molecule has 0 saturated heterocycles. The van der Waals surface area contributed by atoms with E-state index in [2.05, 4.69) is 5.32 Å². The van der Waals surface area contributed by atoms with E-state index in [4.69, 9.17) is 13.9 Å². The van der Waals surface area contributed by atoms with Crippen LogP contribution in [0.25, 0.3) is 0 Å². The molecule has 1 atom stereocenters. The van der Waals surface area contributed by atoms with Crippen LogP contribution < -0.4 is 19.7 Å². The van der Waals surface area contributed by atoms with Crippen LogP contribution in [0.5, 0.6) is 11.5 Å². The van der Waals surface area contributed by atoms with Gasteiger partial charge < -0.3 is 19.2 Å². The summed E-state index contributed by atoms with van der Waals surface area (Å²) in [5.74, 6) is 0.925. The van der Waals surface area contributed by atoms with Crippen LogP contribution in [-0.4, -0.2) is 36.9 Å². The lowest BCUT2D eigenvalue weighted by Gasteiger charge is -2.29. The second kappa shape index (κ2) is 10.7. The Labute approximate surface area is 210 Å². The normalized spacial score (nSPS) is 13.6. The Hall–Kier alpha value is -4.07. The predicted octanol–water partition coefficient (Wildman–Crippen LogP) is 4.61. The average molecular weight is 491 g/mol. The van der Waals surface area contributed by atoms with Crippen LogP contribution in [0.15, 0.2) is 52.9 Å². The number of benzene rings is 2. The number of hydrogen-bond donors (Lipinski definition) is 1. The molecule has 0 aliphatic carbocycles. The van der Waals surface area contributed by atoms with Crippen LogP contribution in [-0.2, 0) is 11.3 Å². The molecule has 1 aliphatic rings. The highest BCUT2D eigenvalue weighted by atomic mass is 16.5. The number of nitrogens with one attached hydrogen (secondary N) is 1. The van der Waals surface area contributed by atoms with E-state index >= 15 is 0 Å². The van der Waals surface area contributed by atoms with Gasteiger partial charge in [-0.25, -0.2) is 0 Å². The van der Waals surface area contributed by atoms with E-state index in [1.807, 2.05) is 45.9 Å². The number of amides is 2. The van der Waals surface area contributed by atoms with Gasteiger partial charge in [-0.15, -0.1) is 0 Å². The third-order valence-electron chi connectivity index (χ3n) is 6.26. The summed E-state index contributed by atoms with van der Waals surface area (Å²) >= 11 is 0. The highest BCUT2D eigenvalue weighted by Crippen LogP contribution is 2.34. The molecule has 1 aliphatic heterocycles. The van der Waals surface area contributed by atoms with Crippen LogP contribution in [0, 0.1) is 13.8 Å². The van der Waals surface area contributed by atoms with E-state index in [0.29, 0.717) is 28.5 Å². The number of carbonyl (C=O) groups excluding carboxylic acids is 3. The topological polar surface area (TPSA) is 98.1 Å². The van der Waals surface area contributed by atoms with Crippen molar-refractivity contribution < 1.29 is 28.3 Å². The molecule has 1 N–H and O–H groups in total. The molecular weight excluding hydrogens is 460 g/mol. The van der Waals surface area contributed by atoms with Crippen molar-refractivity contribution in [3.05, 3.63) is 76.7 Å². The standard InChI is InChI=1S/C28H30N2O6/c1-5-19(4)29-28(33)26-11-9-22(36-26)14-30-23-13-20(7-10-25(23)35-16-27(30)32)24(31)15-34-21-8-6-17(2)18(3)12-21/h6-13,19H,5,14-16H2,1-4H3,(H,29,33)/t19-/m1/s1. The zero-order valence-electron chi connectivity index (χ0n) is 20.9. The lowest BCUT2D eigenvalue weighted by Crippen LogP contribution is -2.38. The Morgan fingerprint density at radius 3 is 2.64 bits per heavy atom. The van der Waals surface area contributed by atoms with Crippen LogP contribution in [0.3, 0.4) is 0 Å². The van der Waals surface area contributed by atoms with E-state index in [0.717, 1.165) is 17.5 Å². The summed E-state index contributed by atoms with van der Waals surface area (Å²) in [6.45, 7) is 7.73. The molecule has 1 aromatic heterocycles. The van der Waals surface area contributed by atoms with E-state index < -0.39 is 0 Å². The quantitative estimate of drug-likeness (QED) is 0.440. The first kappa shape index (κ1) is 25.0. The van der Waals surface area contributed by atoms with Gasteiger partial charge in [0, 0.05) is 11.6 Å². The number of furan rings is 1.